The number of sulfonamides is 1. The van der Waals surface area contributed by atoms with Crippen LogP contribution >= 0.6 is 0 Å². The predicted octanol–water partition coefficient (Wildman–Crippen LogP) is 4.41. The molecule has 0 spiro atoms. The summed E-state index contributed by atoms with van der Waals surface area (Å²) in [5.41, 5.74) is -2.25. The maximum Gasteiger partial charge on any atom is 0.408 e. The summed E-state index contributed by atoms with van der Waals surface area (Å²) in [6, 6.07) is 2.00. The standard InChI is InChI=1S/C39H52FN5O10S/c1-22(2)53-31-19-30(26-16-17-27(40)33(52-6)32(26)42-31)54-24-18-29-34(46)43-39(36(48)44-56(50,51)25-14-15-25)20-23(39)12-10-8-7-9-11-13-28(35(47)45(29)21-24)41-37(49)55-38(3,4)5/h10,12,16-17,19,22-25,28-29H,7-9,11,13-15,18,20-21H2,1-6H3,(H,41,49)(H,43,46)(H,44,48). The Kier molecular flexibility index (Phi) is 11.8. The van der Waals surface area contributed by atoms with Crippen LogP contribution in [0.3, 0.4) is 0 Å². The third kappa shape index (κ3) is 9.30. The number of allylic oxidation sites excluding steroid dienone is 1. The zero-order valence-electron chi connectivity index (χ0n) is 32.7. The molecule has 56 heavy (non-hydrogen) atoms. The lowest BCUT2D eigenvalue weighted by molar-refractivity contribution is -0.141. The van der Waals surface area contributed by atoms with Crippen molar-refractivity contribution in [2.75, 3.05) is 13.7 Å². The second-order valence-electron chi connectivity index (χ2n) is 16.3. The highest BCUT2D eigenvalue weighted by molar-refractivity contribution is 7.91. The molecule has 3 heterocycles. The Balaban J connectivity index is 1.35. The monoisotopic (exact) mass is 801 g/mol. The smallest absolute Gasteiger partial charge is 0.408 e. The fourth-order valence-electron chi connectivity index (χ4n) is 7.26. The van der Waals surface area contributed by atoms with Gasteiger partial charge in [0.2, 0.25) is 27.7 Å². The van der Waals surface area contributed by atoms with Gasteiger partial charge in [-0.1, -0.05) is 25.0 Å². The molecular formula is C39H52FN5O10S. The van der Waals surface area contributed by atoms with Gasteiger partial charge in [0.05, 0.1) is 25.0 Å². The molecule has 0 radical (unpaired) electrons. The van der Waals surface area contributed by atoms with Gasteiger partial charge in [0, 0.05) is 23.8 Å². The fourth-order valence-corrected chi connectivity index (χ4v) is 8.62. The van der Waals surface area contributed by atoms with Gasteiger partial charge in [-0.15, -0.1) is 0 Å². The summed E-state index contributed by atoms with van der Waals surface area (Å²) in [6.07, 6.45) is 5.88. The third-order valence-corrected chi connectivity index (χ3v) is 12.0. The number of fused-ring (bicyclic) bond motifs is 3. The van der Waals surface area contributed by atoms with E-state index in [1.165, 1.54) is 24.1 Å². The number of rotatable bonds is 9. The van der Waals surface area contributed by atoms with Gasteiger partial charge in [-0.05, 0) is 85.3 Å². The van der Waals surface area contributed by atoms with Crippen LogP contribution in [0.25, 0.3) is 10.9 Å². The number of carbonyl (C=O) groups excluding carboxylic acids is 4. The lowest BCUT2D eigenvalue weighted by Crippen LogP contribution is -2.58. The molecule has 4 amide bonds. The lowest BCUT2D eigenvalue weighted by atomic mass is 10.0. The minimum atomic E-state index is -3.93. The minimum Gasteiger partial charge on any atom is -0.491 e. The number of hydrogen-bond acceptors (Lipinski definition) is 11. The Morgan fingerprint density at radius 2 is 1.86 bits per heavy atom. The average molecular weight is 802 g/mol. The molecule has 17 heteroatoms. The van der Waals surface area contributed by atoms with E-state index >= 15 is 0 Å². The molecule has 3 fully saturated rings. The number of benzene rings is 1. The van der Waals surface area contributed by atoms with Crippen molar-refractivity contribution >= 4 is 44.7 Å². The quantitative estimate of drug-likeness (QED) is 0.305. The first-order chi connectivity index (χ1) is 26.4. The Labute approximate surface area is 326 Å². The summed E-state index contributed by atoms with van der Waals surface area (Å²) in [6.45, 7) is 8.62. The minimum absolute atomic E-state index is 0.0438. The molecule has 2 aliphatic heterocycles. The molecular weight excluding hydrogens is 750 g/mol. The van der Waals surface area contributed by atoms with Crippen LogP contribution in [0.1, 0.15) is 92.4 Å². The van der Waals surface area contributed by atoms with Gasteiger partial charge in [0.25, 0.3) is 5.91 Å². The highest BCUT2D eigenvalue weighted by Gasteiger charge is 2.62. The topological polar surface area (TPSA) is 192 Å². The zero-order chi connectivity index (χ0) is 40.6. The summed E-state index contributed by atoms with van der Waals surface area (Å²) >= 11 is 0. The largest absolute Gasteiger partial charge is 0.491 e. The molecule has 5 atom stereocenters. The summed E-state index contributed by atoms with van der Waals surface area (Å²) in [7, 11) is -2.61. The van der Waals surface area contributed by atoms with Crippen molar-refractivity contribution in [3.63, 3.8) is 0 Å². The van der Waals surface area contributed by atoms with Crippen LogP contribution in [0.2, 0.25) is 0 Å². The first-order valence-corrected chi connectivity index (χ1v) is 20.8. The van der Waals surface area contributed by atoms with Crippen molar-refractivity contribution in [3.8, 4) is 17.4 Å². The van der Waals surface area contributed by atoms with Crippen molar-refractivity contribution in [2.24, 2.45) is 5.92 Å². The predicted molar refractivity (Wildman–Crippen MR) is 203 cm³/mol. The first kappa shape index (κ1) is 41.0. The number of carbonyl (C=O) groups is 4. The van der Waals surface area contributed by atoms with Gasteiger partial charge >= 0.3 is 6.09 Å². The molecule has 5 unspecified atom stereocenters. The van der Waals surface area contributed by atoms with E-state index < -0.39 is 80.2 Å². The highest BCUT2D eigenvalue weighted by atomic mass is 32.2. The fraction of sp³-hybridized carbons (Fsp3) is 0.615. The van der Waals surface area contributed by atoms with Crippen molar-refractivity contribution in [1.82, 2.24) is 25.2 Å². The normalized spacial score (nSPS) is 26.0. The highest BCUT2D eigenvalue weighted by Crippen LogP contribution is 2.46. The maximum atomic E-state index is 14.8. The van der Waals surface area contributed by atoms with Crippen molar-refractivity contribution < 1.29 is 50.9 Å². The number of amides is 4. The van der Waals surface area contributed by atoms with E-state index in [1.807, 2.05) is 12.2 Å². The third-order valence-electron chi connectivity index (χ3n) is 10.2. The molecule has 15 nitrogen and oxygen atoms in total. The Morgan fingerprint density at radius 3 is 2.54 bits per heavy atom. The van der Waals surface area contributed by atoms with Gasteiger partial charge < -0.3 is 34.5 Å². The molecule has 1 saturated heterocycles. The summed E-state index contributed by atoms with van der Waals surface area (Å²) in [4.78, 5) is 61.6. The number of alkyl carbamates (subject to hydrolysis) is 1. The SMILES string of the molecule is COc1c(F)ccc2c(OC3CC4C(=O)NC5(C(=O)NS(=O)(=O)C6CC6)CC5C=CCCCCCC(NC(=O)OC(C)(C)C)C(=O)N4C3)cc(OC(C)C)nc12. The van der Waals surface area contributed by atoms with Crippen molar-refractivity contribution in [1.29, 1.82) is 0 Å². The number of pyridine rings is 1. The maximum absolute atomic E-state index is 14.8. The zero-order valence-corrected chi connectivity index (χ0v) is 33.5. The molecule has 0 bridgehead atoms. The Morgan fingerprint density at radius 1 is 1.11 bits per heavy atom. The molecule has 4 aliphatic rings. The molecule has 1 aromatic carbocycles. The van der Waals surface area contributed by atoms with E-state index in [-0.39, 0.29) is 54.8 Å². The van der Waals surface area contributed by atoms with Crippen LogP contribution in [0.15, 0.2) is 30.4 Å². The van der Waals surface area contributed by atoms with Crippen LogP contribution in [0.4, 0.5) is 9.18 Å². The van der Waals surface area contributed by atoms with E-state index in [0.717, 1.165) is 12.8 Å². The summed E-state index contributed by atoms with van der Waals surface area (Å²) in [5, 5.41) is 5.30. The number of nitrogens with one attached hydrogen (secondary N) is 3. The van der Waals surface area contributed by atoms with Crippen molar-refractivity contribution in [2.45, 2.75) is 133 Å². The molecule has 2 saturated carbocycles. The molecule has 6 rings (SSSR count). The number of nitrogens with zero attached hydrogens (tertiary/aromatic N) is 2. The van der Waals surface area contributed by atoms with E-state index in [9.17, 15) is 32.0 Å². The van der Waals surface area contributed by atoms with Gasteiger partial charge in [-0.3, -0.25) is 19.1 Å². The second kappa shape index (κ2) is 16.1. The number of ether oxygens (including phenoxy) is 4. The summed E-state index contributed by atoms with van der Waals surface area (Å²) < 4.78 is 66.0. The van der Waals surface area contributed by atoms with Crippen LogP contribution in [-0.4, -0.2) is 96.5 Å². The number of halogens is 1. The van der Waals surface area contributed by atoms with Gasteiger partial charge in [-0.2, -0.15) is 0 Å². The average Bonchev–Trinajstić information content (AvgIpc) is 4.02. The van der Waals surface area contributed by atoms with Crippen LogP contribution < -0.4 is 29.6 Å². The molecule has 2 aliphatic carbocycles. The van der Waals surface area contributed by atoms with Crippen molar-refractivity contribution in [3.05, 3.63) is 36.2 Å². The van der Waals surface area contributed by atoms with E-state index in [0.29, 0.717) is 31.1 Å². The van der Waals surface area contributed by atoms with Gasteiger partial charge in [0.15, 0.2) is 11.6 Å². The Hall–Kier alpha value is -4.67. The van der Waals surface area contributed by atoms with Gasteiger partial charge in [-0.25, -0.2) is 22.6 Å². The van der Waals surface area contributed by atoms with E-state index in [4.69, 9.17) is 18.9 Å². The molecule has 2 aromatic rings. The number of methoxy groups -OCH3 is 1. The number of hydrogen-bond donors (Lipinski definition) is 3. The summed E-state index contributed by atoms with van der Waals surface area (Å²) in [5.74, 6) is -2.92. The van der Waals surface area contributed by atoms with Crippen LogP contribution in [0.5, 0.6) is 17.4 Å². The number of aromatic nitrogens is 1. The lowest BCUT2D eigenvalue weighted by Gasteiger charge is -2.30. The van der Waals surface area contributed by atoms with E-state index in [1.54, 1.807) is 40.7 Å². The first-order valence-electron chi connectivity index (χ1n) is 19.3. The van der Waals surface area contributed by atoms with E-state index in [2.05, 4.69) is 20.3 Å². The molecule has 3 N–H and O–H groups in total. The van der Waals surface area contributed by atoms with Crippen LogP contribution in [-0.2, 0) is 29.1 Å². The second-order valence-corrected chi connectivity index (χ2v) is 18.3. The molecule has 306 valence electrons. The van der Waals surface area contributed by atoms with Gasteiger partial charge in [0.1, 0.15) is 40.6 Å². The Bertz CT molecular complexity index is 2000. The van der Waals surface area contributed by atoms with Crippen LogP contribution in [0, 0.1) is 11.7 Å². The molecule has 1 aromatic heterocycles.